The fourth-order valence-corrected chi connectivity index (χ4v) is 3.22. The molecule has 1 atom stereocenters. The fourth-order valence-electron chi connectivity index (χ4n) is 2.05. The van der Waals surface area contributed by atoms with E-state index >= 15 is 0 Å². The molecule has 136 valence electrons. The van der Waals surface area contributed by atoms with Gasteiger partial charge in [0.1, 0.15) is 0 Å². The number of rotatable bonds is 5. The highest BCUT2D eigenvalue weighted by atomic mass is 32.2. The summed E-state index contributed by atoms with van der Waals surface area (Å²) in [6.45, 7) is 0. The van der Waals surface area contributed by atoms with Crippen LogP contribution in [-0.4, -0.2) is 33.3 Å². The zero-order chi connectivity index (χ0) is 19.5. The van der Waals surface area contributed by atoms with Crippen molar-refractivity contribution in [1.82, 2.24) is 0 Å². The molecule has 2 aromatic carbocycles. The number of carbonyl (C=O) groups is 1. The second kappa shape index (κ2) is 7.27. The Kier molecular flexibility index (Phi) is 5.31. The van der Waals surface area contributed by atoms with Gasteiger partial charge in [-0.25, -0.2) is 4.21 Å². The van der Waals surface area contributed by atoms with Crippen molar-refractivity contribution in [2.24, 2.45) is 4.36 Å². The van der Waals surface area contributed by atoms with Crippen LogP contribution in [0.2, 0.25) is 0 Å². The predicted molar refractivity (Wildman–Crippen MR) is 91.8 cm³/mol. The third-order valence-corrected chi connectivity index (χ3v) is 5.03. The van der Waals surface area contributed by atoms with Crippen molar-refractivity contribution in [3.05, 3.63) is 68.3 Å². The van der Waals surface area contributed by atoms with Crippen molar-refractivity contribution in [1.29, 1.82) is 0 Å². The average Bonchev–Trinajstić information content (AvgIpc) is 2.60. The van der Waals surface area contributed by atoms with Crippen LogP contribution in [0.5, 0.6) is 5.75 Å². The number of nitrogens with zero attached hydrogens (tertiary/aromatic N) is 3. The van der Waals surface area contributed by atoms with Crippen LogP contribution in [0.1, 0.15) is 10.4 Å². The third kappa shape index (κ3) is 4.00. The molecule has 2 aromatic rings. The van der Waals surface area contributed by atoms with E-state index in [-0.39, 0.29) is 21.9 Å². The monoisotopic (exact) mass is 379 g/mol. The number of benzene rings is 2. The van der Waals surface area contributed by atoms with Gasteiger partial charge in [-0.3, -0.25) is 25.0 Å². The lowest BCUT2D eigenvalue weighted by Gasteiger charge is -2.05. The van der Waals surface area contributed by atoms with E-state index in [1.807, 2.05) is 0 Å². The van der Waals surface area contributed by atoms with E-state index in [0.29, 0.717) is 0 Å². The molecule has 1 amide bonds. The van der Waals surface area contributed by atoms with Crippen LogP contribution < -0.4 is 4.74 Å². The SMILES string of the molecule is COc1ccc(C(=O)N=S(C)(=O)c2ccc([N+](=O)[O-])cc2)cc1[N+](=O)[O-]. The third-order valence-electron chi connectivity index (χ3n) is 3.36. The molecular formula is C15H13N3O7S. The minimum Gasteiger partial charge on any atom is -0.490 e. The smallest absolute Gasteiger partial charge is 0.311 e. The van der Waals surface area contributed by atoms with Crippen molar-refractivity contribution >= 4 is 27.0 Å². The Morgan fingerprint density at radius 3 is 2.19 bits per heavy atom. The molecule has 0 aromatic heterocycles. The van der Waals surface area contributed by atoms with Gasteiger partial charge in [0.05, 0.1) is 26.7 Å². The van der Waals surface area contributed by atoms with Crippen LogP contribution in [0.3, 0.4) is 0 Å². The van der Waals surface area contributed by atoms with Gasteiger partial charge in [0.25, 0.3) is 11.6 Å². The molecule has 0 saturated heterocycles. The molecule has 10 nitrogen and oxygen atoms in total. The number of amides is 1. The van der Waals surface area contributed by atoms with Gasteiger partial charge in [0.2, 0.25) is 0 Å². The lowest BCUT2D eigenvalue weighted by atomic mass is 10.2. The Bertz CT molecular complexity index is 1010. The molecule has 11 heteroatoms. The summed E-state index contributed by atoms with van der Waals surface area (Å²) in [6, 6.07) is 8.28. The van der Waals surface area contributed by atoms with Gasteiger partial charge in [-0.2, -0.15) is 4.36 Å². The number of ether oxygens (including phenoxy) is 1. The zero-order valence-corrected chi connectivity index (χ0v) is 14.5. The molecule has 26 heavy (non-hydrogen) atoms. The number of methoxy groups -OCH3 is 1. The molecule has 0 aliphatic carbocycles. The van der Waals surface area contributed by atoms with Crippen molar-refractivity contribution in [2.75, 3.05) is 13.4 Å². The van der Waals surface area contributed by atoms with Crippen LogP contribution in [0.15, 0.2) is 51.7 Å². The average molecular weight is 379 g/mol. The highest BCUT2D eigenvalue weighted by molar-refractivity contribution is 7.93. The minimum atomic E-state index is -3.20. The van der Waals surface area contributed by atoms with Gasteiger partial charge < -0.3 is 4.74 Å². The maximum absolute atomic E-state index is 12.7. The van der Waals surface area contributed by atoms with Crippen LogP contribution >= 0.6 is 0 Å². The van der Waals surface area contributed by atoms with Crippen LogP contribution in [0, 0.1) is 20.2 Å². The van der Waals surface area contributed by atoms with Crippen LogP contribution in [0.25, 0.3) is 0 Å². The molecular weight excluding hydrogens is 366 g/mol. The van der Waals surface area contributed by atoms with Crippen LogP contribution in [-0.2, 0) is 9.73 Å². The Balaban J connectivity index is 2.43. The predicted octanol–water partition coefficient (Wildman–Crippen LogP) is 2.81. The highest BCUT2D eigenvalue weighted by Crippen LogP contribution is 2.28. The number of non-ortho nitro benzene ring substituents is 1. The van der Waals surface area contributed by atoms with E-state index in [1.165, 1.54) is 37.6 Å². The number of hydrogen-bond donors (Lipinski definition) is 0. The molecule has 0 bridgehead atoms. The van der Waals surface area contributed by atoms with Crippen molar-refractivity contribution in [2.45, 2.75) is 4.90 Å². The first-order valence-electron chi connectivity index (χ1n) is 6.99. The van der Waals surface area contributed by atoms with Gasteiger partial charge in [0.15, 0.2) is 5.75 Å². The topological polar surface area (TPSA) is 142 Å². The fraction of sp³-hybridized carbons (Fsp3) is 0.133. The first kappa shape index (κ1) is 19.0. The summed E-state index contributed by atoms with van der Waals surface area (Å²) < 4.78 is 21.2. The molecule has 0 fully saturated rings. The maximum Gasteiger partial charge on any atom is 0.311 e. The largest absolute Gasteiger partial charge is 0.490 e. The zero-order valence-electron chi connectivity index (χ0n) is 13.6. The second-order valence-corrected chi connectivity index (χ2v) is 7.35. The number of hydrogen-bond acceptors (Lipinski definition) is 7. The Morgan fingerprint density at radius 1 is 1.08 bits per heavy atom. The van der Waals surface area contributed by atoms with Gasteiger partial charge in [0, 0.05) is 34.9 Å². The van der Waals surface area contributed by atoms with E-state index < -0.39 is 31.2 Å². The van der Waals surface area contributed by atoms with Gasteiger partial charge in [-0.1, -0.05) is 0 Å². The number of carbonyl (C=O) groups excluding carboxylic acids is 1. The van der Waals surface area contributed by atoms with Crippen molar-refractivity contribution < 1.29 is 23.6 Å². The maximum atomic E-state index is 12.7. The Hall–Kier alpha value is -3.34. The lowest BCUT2D eigenvalue weighted by Crippen LogP contribution is -2.05. The summed E-state index contributed by atoms with van der Waals surface area (Å²) in [6.07, 6.45) is 1.20. The Labute approximate surface area is 147 Å². The van der Waals surface area contributed by atoms with Crippen molar-refractivity contribution in [3.8, 4) is 5.75 Å². The van der Waals surface area contributed by atoms with Crippen molar-refractivity contribution in [3.63, 3.8) is 0 Å². The molecule has 0 heterocycles. The first-order chi connectivity index (χ1) is 12.2. The quantitative estimate of drug-likeness (QED) is 0.574. The minimum absolute atomic E-state index is 0.0286. The number of nitro groups is 2. The summed E-state index contributed by atoms with van der Waals surface area (Å²) in [7, 11) is -1.95. The van der Waals surface area contributed by atoms with E-state index in [2.05, 4.69) is 4.36 Å². The summed E-state index contributed by atoms with van der Waals surface area (Å²) in [5.41, 5.74) is -0.749. The van der Waals surface area contributed by atoms with E-state index in [1.54, 1.807) is 0 Å². The standard InChI is InChI=1S/C15H13N3O7S/c1-25-14-8-3-10(9-13(14)18(22)23)15(19)16-26(2,24)12-6-4-11(5-7-12)17(20)21/h3-9H,1-2H3. The summed E-state index contributed by atoms with van der Waals surface area (Å²) in [4.78, 5) is 32.7. The number of nitro benzene ring substituents is 2. The summed E-state index contributed by atoms with van der Waals surface area (Å²) >= 11 is 0. The van der Waals surface area contributed by atoms with E-state index in [9.17, 15) is 29.2 Å². The van der Waals surface area contributed by atoms with Crippen LogP contribution in [0.4, 0.5) is 11.4 Å². The normalized spacial score (nSPS) is 12.7. The Morgan fingerprint density at radius 2 is 1.69 bits per heavy atom. The van der Waals surface area contributed by atoms with Gasteiger partial charge in [-0.05, 0) is 24.3 Å². The second-order valence-electron chi connectivity index (χ2n) is 5.09. The first-order valence-corrected chi connectivity index (χ1v) is 8.91. The molecule has 2 rings (SSSR count). The van der Waals surface area contributed by atoms with Gasteiger partial charge in [-0.15, -0.1) is 0 Å². The molecule has 0 saturated carbocycles. The molecule has 0 spiro atoms. The lowest BCUT2D eigenvalue weighted by molar-refractivity contribution is -0.385. The molecule has 0 aliphatic heterocycles. The van der Waals surface area contributed by atoms with E-state index in [0.717, 1.165) is 18.2 Å². The molecule has 1 unspecified atom stereocenters. The molecule has 0 aliphatic rings. The highest BCUT2D eigenvalue weighted by Gasteiger charge is 2.19. The van der Waals surface area contributed by atoms with E-state index in [4.69, 9.17) is 4.74 Å². The molecule has 0 N–H and O–H groups in total. The molecule has 0 radical (unpaired) electrons. The summed E-state index contributed by atoms with van der Waals surface area (Å²) in [5.74, 6) is -0.944. The van der Waals surface area contributed by atoms with Gasteiger partial charge >= 0.3 is 5.69 Å². The summed E-state index contributed by atoms with van der Waals surface area (Å²) in [5, 5.41) is 21.7.